The zero-order valence-corrected chi connectivity index (χ0v) is 17.9. The summed E-state index contributed by atoms with van der Waals surface area (Å²) < 4.78 is 131. The van der Waals surface area contributed by atoms with Crippen LogP contribution in [-0.4, -0.2) is 90.6 Å². The van der Waals surface area contributed by atoms with Crippen LogP contribution >= 0.6 is 0 Å². The molecule has 0 bridgehead atoms. The average molecular weight is 461 g/mol. The topological polar surface area (TPSA) is 43.4 Å². The second kappa shape index (κ2) is 8.82. The van der Waals surface area contributed by atoms with E-state index in [0.29, 0.717) is 5.39 Å². The average Bonchev–Trinajstić information content (AvgIpc) is 2.59. The number of fused-ring (bicyclic) bond motifs is 1. The predicted molar refractivity (Wildman–Crippen MR) is 83.7 cm³/mol. The molecule has 0 aliphatic carbocycles. The molecule has 2 aromatic rings. The first-order valence-corrected chi connectivity index (χ1v) is 8.43. The number of benzene rings is 2. The summed E-state index contributed by atoms with van der Waals surface area (Å²) in [6.07, 6.45) is -5.10. The van der Waals surface area contributed by atoms with Crippen LogP contribution in [0.4, 0.5) is 35.1 Å². The van der Waals surface area contributed by atoms with Crippen LogP contribution in [0.5, 0.6) is 0 Å². The first-order valence-electron chi connectivity index (χ1n) is 7.03. The third-order valence-corrected chi connectivity index (χ3v) is 4.89. The molecule has 0 unspecified atom stereocenters. The second-order valence-electron chi connectivity index (χ2n) is 5.40. The van der Waals surface area contributed by atoms with Crippen LogP contribution in [-0.2, 0) is 14.3 Å². The Labute approximate surface area is 196 Å². The Morgan fingerprint density at radius 2 is 1.43 bits per heavy atom. The summed E-state index contributed by atoms with van der Waals surface area (Å²) in [5.41, 5.74) is 0. The number of rotatable bonds is 7. The summed E-state index contributed by atoms with van der Waals surface area (Å²) in [5.74, 6) is -18.9. The molecule has 28 heavy (non-hydrogen) atoms. The molecule has 0 spiro atoms. The van der Waals surface area contributed by atoms with Gasteiger partial charge in [-0.05, 0) is 11.5 Å². The molecule has 0 saturated heterocycles. The molecule has 13 heteroatoms. The Kier molecular flexibility index (Phi) is 8.10. The van der Waals surface area contributed by atoms with E-state index in [2.05, 4.69) is 4.18 Å². The Bertz CT molecular complexity index is 929. The molecule has 0 saturated carbocycles. The van der Waals surface area contributed by atoms with Crippen LogP contribution in [0, 0.1) is 0 Å². The molecule has 0 N–H and O–H groups in total. The molecule has 0 heterocycles. The molecule has 0 fully saturated rings. The van der Waals surface area contributed by atoms with Gasteiger partial charge in [0.2, 0.25) is 0 Å². The molecule has 151 valence electrons. The van der Waals surface area contributed by atoms with Gasteiger partial charge in [-0.1, -0.05) is 36.4 Å². The first kappa shape index (κ1) is 25.7. The maximum atomic E-state index is 13.5. The van der Waals surface area contributed by atoms with Gasteiger partial charge < -0.3 is 0 Å². The van der Waals surface area contributed by atoms with Crippen LogP contribution in [0.2, 0.25) is 0 Å². The van der Waals surface area contributed by atoms with Crippen molar-refractivity contribution in [2.24, 2.45) is 0 Å². The van der Waals surface area contributed by atoms with Gasteiger partial charge in [-0.25, -0.2) is 8.78 Å². The fraction of sp³-hybridized carbons (Fsp3) is 0.333. The number of hydrogen-bond acceptors (Lipinski definition) is 3. The molecular formula is C15H10F8KO3S. The third-order valence-electron chi connectivity index (χ3n) is 3.57. The minimum atomic E-state index is -6.55. The van der Waals surface area contributed by atoms with Gasteiger partial charge in [0, 0.05) is 56.8 Å². The molecular weight excluding hydrogens is 451 g/mol. The third kappa shape index (κ3) is 4.70. The maximum absolute atomic E-state index is 13.5. The SMILES string of the molecule is O=S(=O)(OCC(F)(F)C(F)(F)C(F)(F)C(F)F)c1cccc2ccccc12.[K]. The van der Waals surface area contributed by atoms with Crippen LogP contribution in [0.25, 0.3) is 10.8 Å². The van der Waals surface area contributed by atoms with Crippen molar-refractivity contribution in [3.8, 4) is 0 Å². The summed E-state index contributed by atoms with van der Waals surface area (Å²) in [5, 5.41) is 0.330. The van der Waals surface area contributed by atoms with Gasteiger partial charge in [0.05, 0.1) is 0 Å². The van der Waals surface area contributed by atoms with E-state index in [1.807, 2.05) is 0 Å². The summed E-state index contributed by atoms with van der Waals surface area (Å²) in [4.78, 5) is -0.680. The molecule has 0 aliphatic heterocycles. The van der Waals surface area contributed by atoms with Crippen molar-refractivity contribution in [2.45, 2.75) is 29.1 Å². The second-order valence-corrected chi connectivity index (χ2v) is 6.98. The van der Waals surface area contributed by atoms with Crippen LogP contribution in [0.15, 0.2) is 47.4 Å². The Balaban J connectivity index is 0.00000392. The van der Waals surface area contributed by atoms with Crippen molar-refractivity contribution in [1.29, 1.82) is 0 Å². The Morgan fingerprint density at radius 3 is 2.00 bits per heavy atom. The summed E-state index contributed by atoms with van der Waals surface area (Å²) in [6, 6.07) is 9.23. The molecule has 0 aliphatic rings. The zero-order valence-electron chi connectivity index (χ0n) is 14.0. The summed E-state index contributed by atoms with van der Waals surface area (Å²) in [7, 11) is -5.09. The van der Waals surface area contributed by atoms with Crippen LogP contribution < -0.4 is 0 Å². The van der Waals surface area contributed by atoms with Crippen molar-refractivity contribution in [3.05, 3.63) is 42.5 Å². The first-order chi connectivity index (χ1) is 12.2. The number of halogens is 8. The van der Waals surface area contributed by atoms with E-state index < -0.39 is 45.8 Å². The minimum absolute atomic E-state index is 0. The van der Waals surface area contributed by atoms with Gasteiger partial charge in [-0.3, -0.25) is 4.18 Å². The Morgan fingerprint density at radius 1 is 0.893 bits per heavy atom. The minimum Gasteiger partial charge on any atom is -0.260 e. The monoisotopic (exact) mass is 461 g/mol. The van der Waals surface area contributed by atoms with Gasteiger partial charge in [0.1, 0.15) is 11.5 Å². The largest absolute Gasteiger partial charge is 0.380 e. The van der Waals surface area contributed by atoms with Gasteiger partial charge in [-0.2, -0.15) is 34.8 Å². The normalized spacial score (nSPS) is 13.6. The van der Waals surface area contributed by atoms with Crippen molar-refractivity contribution in [3.63, 3.8) is 0 Å². The molecule has 3 nitrogen and oxygen atoms in total. The molecule has 0 aromatic heterocycles. The van der Waals surface area contributed by atoms with E-state index in [-0.39, 0.29) is 56.8 Å². The van der Waals surface area contributed by atoms with Crippen molar-refractivity contribution >= 4 is 72.3 Å². The molecule has 0 amide bonds. The quantitative estimate of drug-likeness (QED) is 0.350. The van der Waals surface area contributed by atoms with Crippen molar-refractivity contribution in [2.75, 3.05) is 6.61 Å². The van der Waals surface area contributed by atoms with Gasteiger partial charge in [0.25, 0.3) is 10.1 Å². The van der Waals surface area contributed by atoms with Gasteiger partial charge >= 0.3 is 24.2 Å². The Hall–Kier alpha value is -0.314. The fourth-order valence-electron chi connectivity index (χ4n) is 2.10. The van der Waals surface area contributed by atoms with E-state index >= 15 is 0 Å². The smallest absolute Gasteiger partial charge is 0.260 e. The van der Waals surface area contributed by atoms with E-state index in [4.69, 9.17) is 0 Å². The summed E-state index contributed by atoms with van der Waals surface area (Å²) >= 11 is 0. The van der Waals surface area contributed by atoms with Crippen LogP contribution in [0.1, 0.15) is 0 Å². The van der Waals surface area contributed by atoms with E-state index in [0.717, 1.165) is 6.07 Å². The summed E-state index contributed by atoms with van der Waals surface area (Å²) in [6.45, 7) is -2.76. The predicted octanol–water partition coefficient (Wildman–Crippen LogP) is 4.34. The van der Waals surface area contributed by atoms with Crippen LogP contribution in [0.3, 0.4) is 0 Å². The molecule has 2 aromatic carbocycles. The molecule has 0 atom stereocenters. The zero-order chi connectivity index (χ0) is 20.7. The maximum Gasteiger partial charge on any atom is 0.380 e. The van der Waals surface area contributed by atoms with Crippen molar-refractivity contribution < 1.29 is 47.7 Å². The van der Waals surface area contributed by atoms with Gasteiger partial charge in [0.15, 0.2) is 0 Å². The van der Waals surface area contributed by atoms with E-state index in [1.54, 1.807) is 0 Å². The van der Waals surface area contributed by atoms with E-state index in [1.165, 1.54) is 36.4 Å². The standard InChI is InChI=1S/C15H10F8O3S.K/c16-12(17)14(20,21)15(22,23)13(18,19)8-26-27(24,25)11-7-3-5-9-4-1-2-6-10(9)11;/h1-7,12H,8H2;. The van der Waals surface area contributed by atoms with Crippen molar-refractivity contribution in [1.82, 2.24) is 0 Å². The molecule has 2 rings (SSSR count). The molecule has 1 radical (unpaired) electrons. The van der Waals surface area contributed by atoms with E-state index in [9.17, 15) is 43.5 Å². The number of hydrogen-bond donors (Lipinski definition) is 0. The number of alkyl halides is 8. The van der Waals surface area contributed by atoms with Gasteiger partial charge in [-0.15, -0.1) is 0 Å². The fourth-order valence-corrected chi connectivity index (χ4v) is 3.23.